The second-order valence-electron chi connectivity index (χ2n) is 19.5. The van der Waals surface area contributed by atoms with E-state index in [1.54, 1.807) is 79.7 Å². The average molecular weight is 1080 g/mol. The van der Waals surface area contributed by atoms with Crippen molar-refractivity contribution in [2.45, 2.75) is 76.4 Å². The molecule has 0 bridgehead atoms. The number of rotatable bonds is 19. The molecule has 4 atom stereocenters. The van der Waals surface area contributed by atoms with Gasteiger partial charge in [0.15, 0.2) is 0 Å². The van der Waals surface area contributed by atoms with Crippen LogP contribution in [0.1, 0.15) is 86.8 Å². The van der Waals surface area contributed by atoms with E-state index in [-0.39, 0.29) is 59.7 Å². The molecule has 3 aliphatic rings. The number of esters is 4. The maximum Gasteiger partial charge on any atom is 0.335 e. The average Bonchev–Trinajstić information content (AvgIpc) is 4.42. The molecule has 0 spiro atoms. The van der Waals surface area contributed by atoms with Crippen LogP contribution in [0.5, 0.6) is 34.5 Å². The summed E-state index contributed by atoms with van der Waals surface area (Å²) in [7, 11) is 0. The molecule has 15 nitrogen and oxygen atoms in total. The highest BCUT2D eigenvalue weighted by Gasteiger charge is 2.34. The maximum atomic E-state index is 12.8. The first-order valence-electron chi connectivity index (χ1n) is 26.2. The number of benzene rings is 6. The lowest BCUT2D eigenvalue weighted by molar-refractivity contribution is -0.150. The normalized spacial score (nSPS) is 15.7. The Morgan fingerprint density at radius 3 is 1.16 bits per heavy atom. The smallest absolute Gasteiger partial charge is 0.335 e. The number of ether oxygens (including phenoxy) is 7. The van der Waals surface area contributed by atoms with Gasteiger partial charge in [0.25, 0.3) is 0 Å². The summed E-state index contributed by atoms with van der Waals surface area (Å²) in [6.45, 7) is 18.4. The van der Waals surface area contributed by atoms with Crippen molar-refractivity contribution in [2.24, 2.45) is 11.8 Å². The Morgan fingerprint density at radius 2 is 0.861 bits per heavy atom. The van der Waals surface area contributed by atoms with Gasteiger partial charge >= 0.3 is 23.9 Å². The Balaban J connectivity index is 0.000000210. The number of carbonyl (C=O) groups excluding carboxylic acids is 4. The van der Waals surface area contributed by atoms with Crippen LogP contribution >= 0.6 is 0 Å². The van der Waals surface area contributed by atoms with Crippen LogP contribution in [-0.2, 0) is 53.7 Å². The van der Waals surface area contributed by atoms with Gasteiger partial charge in [-0.1, -0.05) is 99.8 Å². The van der Waals surface area contributed by atoms with Crippen molar-refractivity contribution in [1.29, 1.82) is 0 Å². The summed E-state index contributed by atoms with van der Waals surface area (Å²) in [4.78, 5) is 46.9. The molecule has 15 heteroatoms. The van der Waals surface area contributed by atoms with Gasteiger partial charge in [0.2, 0.25) is 0 Å². The third-order valence-electron chi connectivity index (χ3n) is 13.7. The molecule has 0 amide bonds. The van der Waals surface area contributed by atoms with Gasteiger partial charge < -0.3 is 53.6 Å². The lowest BCUT2D eigenvalue weighted by Crippen LogP contribution is -2.26. The van der Waals surface area contributed by atoms with Crippen LogP contribution in [0.25, 0.3) is 0 Å². The molecule has 79 heavy (non-hydrogen) atoms. The van der Waals surface area contributed by atoms with E-state index >= 15 is 0 Å². The van der Waals surface area contributed by atoms with Crippen molar-refractivity contribution >= 4 is 23.9 Å². The molecule has 6 aromatic carbocycles. The number of hydrogen-bond donors (Lipinski definition) is 4. The zero-order chi connectivity index (χ0) is 57.0. The molecule has 0 radical (unpaired) electrons. The standard InChI is InChI=1S/C31H34O7.C23H20O4.C6H8O3.C4H8O/c1-4-21(30(35)37-19-28-18-36-28)17-20(2)29(34)38-27-15-9-24(10-16-27)31(3,22-5-11-25(32)12-6-22)23-7-13-26(33)14-8-23;1-3-22(26)27-21-14-8-18(9-15-21)23(2,16-4-10-19(24)11-5-16)17-6-12-20(25)13-7-17;1-2-6(7)9-4-5-3-8-5;1-2-4-5-3-1/h5-16,20-21,28,32-33H,4,17-19H2,1-3H3;3-15,24-25H,1H2,2H3;2,5H,1,3-4H2;1-4H2. The fraction of sp³-hybridized carbons (Fsp3) is 0.312. The lowest BCUT2D eigenvalue weighted by Gasteiger charge is -2.32. The largest absolute Gasteiger partial charge is 0.508 e. The van der Waals surface area contributed by atoms with Gasteiger partial charge in [0.1, 0.15) is 59.9 Å². The summed E-state index contributed by atoms with van der Waals surface area (Å²) in [6, 6.07) is 42.7. The number of phenols is 4. The first-order chi connectivity index (χ1) is 38.0. The molecular weight excluding hydrogens is 1010 g/mol. The fourth-order valence-corrected chi connectivity index (χ4v) is 8.58. The van der Waals surface area contributed by atoms with Crippen LogP contribution in [0.4, 0.5) is 0 Å². The quantitative estimate of drug-likeness (QED) is 0.0195. The van der Waals surface area contributed by atoms with Crippen molar-refractivity contribution in [3.63, 3.8) is 0 Å². The number of epoxide rings is 2. The van der Waals surface area contributed by atoms with E-state index < -0.39 is 28.7 Å². The summed E-state index contributed by atoms with van der Waals surface area (Å²) in [5.41, 5.74) is 4.62. The second kappa shape index (κ2) is 28.9. The molecule has 9 rings (SSSR count). The van der Waals surface area contributed by atoms with Crippen molar-refractivity contribution in [1.82, 2.24) is 0 Å². The van der Waals surface area contributed by atoms with Crippen molar-refractivity contribution in [3.05, 3.63) is 204 Å². The zero-order valence-electron chi connectivity index (χ0n) is 45.1. The Kier molecular flexibility index (Phi) is 22.0. The molecule has 6 aromatic rings. The predicted octanol–water partition coefficient (Wildman–Crippen LogP) is 10.8. The third kappa shape index (κ3) is 17.6. The molecule has 0 saturated carbocycles. The summed E-state index contributed by atoms with van der Waals surface area (Å²) >= 11 is 0. The summed E-state index contributed by atoms with van der Waals surface area (Å²) in [5.74, 6) is -0.900. The molecule has 3 heterocycles. The van der Waals surface area contributed by atoms with Gasteiger partial charge in [0, 0.05) is 36.2 Å². The number of phenolic OH excluding ortho intramolecular Hbond substituents is 4. The van der Waals surface area contributed by atoms with Gasteiger partial charge in [0.05, 0.1) is 25.0 Å². The Morgan fingerprint density at radius 1 is 0.532 bits per heavy atom. The first kappa shape index (κ1) is 60.0. The molecule has 4 unspecified atom stereocenters. The van der Waals surface area contributed by atoms with Crippen molar-refractivity contribution < 1.29 is 72.8 Å². The Bertz CT molecular complexity index is 2810. The third-order valence-corrected chi connectivity index (χ3v) is 13.7. The minimum atomic E-state index is -0.600. The van der Waals surface area contributed by atoms with Gasteiger partial charge in [-0.25, -0.2) is 9.59 Å². The van der Waals surface area contributed by atoms with E-state index in [1.165, 1.54) is 12.8 Å². The molecule has 0 aliphatic carbocycles. The van der Waals surface area contributed by atoms with Crippen LogP contribution in [-0.4, -0.2) is 96.2 Å². The van der Waals surface area contributed by atoms with Gasteiger partial charge in [-0.05, 0) is 146 Å². The number of carbonyl (C=O) groups is 4. The monoisotopic (exact) mass is 1080 g/mol. The van der Waals surface area contributed by atoms with E-state index in [2.05, 4.69) is 31.7 Å². The highest BCUT2D eigenvalue weighted by Crippen LogP contribution is 2.42. The number of hydrogen-bond acceptors (Lipinski definition) is 15. The van der Waals surface area contributed by atoms with Gasteiger partial charge in [-0.3, -0.25) is 9.59 Å². The molecule has 3 saturated heterocycles. The van der Waals surface area contributed by atoms with Gasteiger partial charge in [-0.15, -0.1) is 0 Å². The van der Waals surface area contributed by atoms with Crippen molar-refractivity contribution in [3.8, 4) is 34.5 Å². The van der Waals surface area contributed by atoms with Crippen LogP contribution in [0.2, 0.25) is 0 Å². The van der Waals surface area contributed by atoms with E-state index in [0.717, 1.165) is 58.7 Å². The second-order valence-corrected chi connectivity index (χ2v) is 19.5. The molecule has 416 valence electrons. The highest BCUT2D eigenvalue weighted by molar-refractivity contribution is 5.83. The van der Waals surface area contributed by atoms with E-state index in [4.69, 9.17) is 28.4 Å². The van der Waals surface area contributed by atoms with Gasteiger partial charge in [-0.2, -0.15) is 0 Å². The van der Waals surface area contributed by atoms with Crippen LogP contribution < -0.4 is 9.47 Å². The molecular formula is C64H70O15. The highest BCUT2D eigenvalue weighted by atomic mass is 16.6. The van der Waals surface area contributed by atoms with E-state index in [9.17, 15) is 39.6 Å². The molecule has 0 aromatic heterocycles. The summed E-state index contributed by atoms with van der Waals surface area (Å²) in [6.07, 6.45) is 5.88. The minimum Gasteiger partial charge on any atom is -0.508 e. The van der Waals surface area contributed by atoms with Crippen molar-refractivity contribution in [2.75, 3.05) is 39.6 Å². The molecule has 4 N–H and O–H groups in total. The summed E-state index contributed by atoms with van der Waals surface area (Å²) in [5, 5.41) is 38.9. The van der Waals surface area contributed by atoms with E-state index in [0.29, 0.717) is 44.2 Å². The molecule has 3 aliphatic heterocycles. The maximum absolute atomic E-state index is 12.8. The first-order valence-corrected chi connectivity index (χ1v) is 26.2. The fourth-order valence-electron chi connectivity index (χ4n) is 8.58. The van der Waals surface area contributed by atoms with Crippen LogP contribution in [0, 0.1) is 11.8 Å². The zero-order valence-corrected chi connectivity index (χ0v) is 45.1. The molecule has 3 fully saturated rings. The Hall–Kier alpha value is -8.24. The van der Waals surface area contributed by atoms with Crippen LogP contribution in [0.15, 0.2) is 171 Å². The SMILES string of the molecule is C1CCOC1.C=CC(=O)OCC1CO1.C=CC(=O)Oc1ccc(C(C)(c2ccc(O)cc2)c2ccc(O)cc2)cc1.CCC(CC(C)C(=O)Oc1ccc(C(C)(c2ccc(O)cc2)c2ccc(O)cc2)cc1)C(=O)OCC1CO1. The lowest BCUT2D eigenvalue weighted by atomic mass is 9.71. The van der Waals surface area contributed by atoms with E-state index in [1.807, 2.05) is 79.7 Å². The predicted molar refractivity (Wildman–Crippen MR) is 297 cm³/mol. The minimum absolute atomic E-state index is 0.00625. The van der Waals surface area contributed by atoms with Crippen LogP contribution in [0.3, 0.4) is 0 Å². The summed E-state index contributed by atoms with van der Waals surface area (Å²) < 4.78 is 35.5. The topological polar surface area (TPSA) is 220 Å². The number of aromatic hydroxyl groups is 4. The Labute approximate surface area is 461 Å².